The van der Waals surface area contributed by atoms with Gasteiger partial charge in [0.05, 0.1) is 5.56 Å². The van der Waals surface area contributed by atoms with Gasteiger partial charge in [0.25, 0.3) is 0 Å². The lowest BCUT2D eigenvalue weighted by atomic mass is 10.2. The highest BCUT2D eigenvalue weighted by Gasteiger charge is 2.15. The second-order valence-electron chi connectivity index (χ2n) is 5.62. The van der Waals surface area contributed by atoms with Crippen molar-refractivity contribution >= 4 is 17.5 Å². The van der Waals surface area contributed by atoms with Crippen LogP contribution in [0.25, 0.3) is 0 Å². The van der Waals surface area contributed by atoms with E-state index in [0.717, 1.165) is 12.1 Å². The van der Waals surface area contributed by atoms with Gasteiger partial charge in [0, 0.05) is 24.5 Å². The van der Waals surface area contributed by atoms with E-state index in [2.05, 4.69) is 10.6 Å². The molecule has 0 spiro atoms. The molecule has 0 fully saturated rings. The average molecular weight is 290 g/mol. The van der Waals surface area contributed by atoms with Gasteiger partial charge in [-0.2, -0.15) is 5.26 Å². The molecule has 0 aliphatic rings. The van der Waals surface area contributed by atoms with Crippen molar-refractivity contribution in [1.29, 1.82) is 5.26 Å². The predicted molar refractivity (Wildman–Crippen MR) is 82.9 cm³/mol. The molecule has 0 unspecified atom stereocenters. The zero-order valence-corrected chi connectivity index (χ0v) is 12.7. The smallest absolute Gasteiger partial charge is 0.407 e. The fourth-order valence-corrected chi connectivity index (χ4v) is 1.59. The average Bonchev–Trinajstić information content (AvgIpc) is 2.38. The van der Waals surface area contributed by atoms with E-state index in [9.17, 15) is 4.79 Å². The number of carbonyl (C=O) groups excluding carboxylic acids is 1. The SMILES string of the molecule is CC(C)(C)OC(=O)NCCCNc1ccc(N)c(C#N)c1. The van der Waals surface area contributed by atoms with Gasteiger partial charge in [-0.05, 0) is 45.4 Å². The monoisotopic (exact) mass is 290 g/mol. The van der Waals surface area contributed by atoms with Gasteiger partial charge in [-0.3, -0.25) is 0 Å². The summed E-state index contributed by atoms with van der Waals surface area (Å²) in [6.07, 6.45) is 0.327. The molecular formula is C15H22N4O2. The molecule has 1 aromatic carbocycles. The number of amides is 1. The van der Waals surface area contributed by atoms with E-state index in [-0.39, 0.29) is 0 Å². The number of nitrogens with two attached hydrogens (primary N) is 1. The molecule has 0 aromatic heterocycles. The van der Waals surface area contributed by atoms with Gasteiger partial charge in [-0.15, -0.1) is 0 Å². The van der Waals surface area contributed by atoms with Crippen molar-refractivity contribution in [3.63, 3.8) is 0 Å². The summed E-state index contributed by atoms with van der Waals surface area (Å²) < 4.78 is 5.13. The first kappa shape index (κ1) is 16.6. The number of nitrogens with zero attached hydrogens (tertiary/aromatic N) is 1. The van der Waals surface area contributed by atoms with Crippen molar-refractivity contribution in [3.8, 4) is 6.07 Å². The lowest BCUT2D eigenvalue weighted by Gasteiger charge is -2.19. The van der Waals surface area contributed by atoms with Crippen LogP contribution >= 0.6 is 0 Å². The molecule has 0 heterocycles. The Hall–Kier alpha value is -2.42. The maximum Gasteiger partial charge on any atom is 0.407 e. The minimum atomic E-state index is -0.486. The highest BCUT2D eigenvalue weighted by atomic mass is 16.6. The van der Waals surface area contributed by atoms with Crippen LogP contribution in [-0.4, -0.2) is 24.8 Å². The van der Waals surface area contributed by atoms with Crippen molar-refractivity contribution < 1.29 is 9.53 Å². The van der Waals surface area contributed by atoms with Crippen molar-refractivity contribution in [2.45, 2.75) is 32.8 Å². The first-order chi connectivity index (χ1) is 9.81. The molecule has 0 bridgehead atoms. The van der Waals surface area contributed by atoms with E-state index in [0.29, 0.717) is 24.3 Å². The van der Waals surface area contributed by atoms with Crippen LogP contribution in [0.5, 0.6) is 0 Å². The van der Waals surface area contributed by atoms with Crippen LogP contribution in [0.1, 0.15) is 32.8 Å². The Labute approximate surface area is 125 Å². The van der Waals surface area contributed by atoms with Gasteiger partial charge in [-0.1, -0.05) is 0 Å². The van der Waals surface area contributed by atoms with Gasteiger partial charge in [0.1, 0.15) is 11.7 Å². The molecule has 0 aliphatic heterocycles. The molecule has 0 atom stereocenters. The third-order valence-electron chi connectivity index (χ3n) is 2.52. The van der Waals surface area contributed by atoms with Crippen LogP contribution < -0.4 is 16.4 Å². The zero-order chi connectivity index (χ0) is 15.9. The maximum absolute atomic E-state index is 11.4. The van der Waals surface area contributed by atoms with E-state index in [1.165, 1.54) is 0 Å². The topological polar surface area (TPSA) is 100 Å². The van der Waals surface area contributed by atoms with Gasteiger partial charge < -0.3 is 21.1 Å². The molecule has 21 heavy (non-hydrogen) atoms. The maximum atomic E-state index is 11.4. The summed E-state index contributed by atoms with van der Waals surface area (Å²) in [7, 11) is 0. The summed E-state index contributed by atoms with van der Waals surface area (Å²) in [4.78, 5) is 11.4. The normalized spacial score (nSPS) is 10.6. The summed E-state index contributed by atoms with van der Waals surface area (Å²) in [5, 5.41) is 14.7. The summed E-state index contributed by atoms with van der Waals surface area (Å²) in [5.74, 6) is 0. The summed E-state index contributed by atoms with van der Waals surface area (Å²) in [5.41, 5.74) is 6.91. The van der Waals surface area contributed by atoms with Gasteiger partial charge in [-0.25, -0.2) is 4.79 Å². The molecular weight excluding hydrogens is 268 g/mol. The summed E-state index contributed by atoms with van der Waals surface area (Å²) in [6, 6.07) is 7.25. The Balaban J connectivity index is 2.26. The van der Waals surface area contributed by atoms with Crippen molar-refractivity contribution in [2.24, 2.45) is 0 Å². The number of benzene rings is 1. The number of rotatable bonds is 5. The summed E-state index contributed by atoms with van der Waals surface area (Å²) >= 11 is 0. The van der Waals surface area contributed by atoms with E-state index >= 15 is 0 Å². The van der Waals surface area contributed by atoms with Gasteiger partial charge >= 0.3 is 6.09 Å². The van der Waals surface area contributed by atoms with Crippen LogP contribution in [0.4, 0.5) is 16.2 Å². The van der Waals surface area contributed by atoms with Crippen LogP contribution in [0, 0.1) is 11.3 Å². The first-order valence-corrected chi connectivity index (χ1v) is 6.82. The number of nitrogen functional groups attached to an aromatic ring is 1. The fraction of sp³-hybridized carbons (Fsp3) is 0.467. The molecule has 6 heteroatoms. The molecule has 6 nitrogen and oxygen atoms in total. The van der Waals surface area contributed by atoms with Crippen LogP contribution in [0.15, 0.2) is 18.2 Å². The van der Waals surface area contributed by atoms with Crippen LogP contribution in [0.3, 0.4) is 0 Å². The molecule has 0 saturated carbocycles. The Bertz CT molecular complexity index is 529. The number of alkyl carbamates (subject to hydrolysis) is 1. The van der Waals surface area contributed by atoms with Gasteiger partial charge in [0.2, 0.25) is 0 Å². The van der Waals surface area contributed by atoms with Crippen molar-refractivity contribution in [1.82, 2.24) is 5.32 Å². The predicted octanol–water partition coefficient (Wildman–Crippen LogP) is 2.47. The second-order valence-corrected chi connectivity index (χ2v) is 5.62. The first-order valence-electron chi connectivity index (χ1n) is 6.82. The van der Waals surface area contributed by atoms with E-state index in [4.69, 9.17) is 15.7 Å². The minimum Gasteiger partial charge on any atom is -0.444 e. The second kappa shape index (κ2) is 7.39. The largest absolute Gasteiger partial charge is 0.444 e. The Morgan fingerprint density at radius 2 is 2.10 bits per heavy atom. The summed E-state index contributed by atoms with van der Waals surface area (Å²) in [6.45, 7) is 6.65. The number of carbonyl (C=O) groups is 1. The lowest BCUT2D eigenvalue weighted by molar-refractivity contribution is 0.0528. The van der Waals surface area contributed by atoms with E-state index in [1.54, 1.807) is 12.1 Å². The molecule has 1 amide bonds. The highest BCUT2D eigenvalue weighted by molar-refractivity contribution is 5.67. The standard InChI is InChI=1S/C15H22N4O2/c1-15(2,3)21-14(20)19-8-4-7-18-12-5-6-13(17)11(9-12)10-16/h5-6,9,18H,4,7-8,17H2,1-3H3,(H,19,20). The van der Waals surface area contributed by atoms with Crippen LogP contribution in [0.2, 0.25) is 0 Å². The number of hydrogen-bond donors (Lipinski definition) is 3. The Kier molecular flexibility index (Phi) is 5.85. The van der Waals surface area contributed by atoms with E-state index < -0.39 is 11.7 Å². The highest BCUT2D eigenvalue weighted by Crippen LogP contribution is 2.16. The molecule has 0 aliphatic carbocycles. The molecule has 0 saturated heterocycles. The number of hydrogen-bond acceptors (Lipinski definition) is 5. The van der Waals surface area contributed by atoms with Crippen molar-refractivity contribution in [2.75, 3.05) is 24.1 Å². The molecule has 0 radical (unpaired) electrons. The molecule has 4 N–H and O–H groups in total. The third kappa shape index (κ3) is 6.52. The zero-order valence-electron chi connectivity index (χ0n) is 12.7. The number of nitriles is 1. The molecule has 114 valence electrons. The van der Waals surface area contributed by atoms with Gasteiger partial charge in [0.15, 0.2) is 0 Å². The molecule has 1 rings (SSSR count). The quantitative estimate of drug-likeness (QED) is 0.571. The lowest BCUT2D eigenvalue weighted by Crippen LogP contribution is -2.33. The fourth-order valence-electron chi connectivity index (χ4n) is 1.59. The van der Waals surface area contributed by atoms with E-state index in [1.807, 2.05) is 32.9 Å². The third-order valence-corrected chi connectivity index (χ3v) is 2.52. The number of ether oxygens (including phenoxy) is 1. The molecule has 1 aromatic rings. The number of nitrogens with one attached hydrogen (secondary N) is 2. The van der Waals surface area contributed by atoms with Crippen LogP contribution in [-0.2, 0) is 4.74 Å². The Morgan fingerprint density at radius 3 is 2.71 bits per heavy atom. The number of anilines is 2. The van der Waals surface area contributed by atoms with Crippen molar-refractivity contribution in [3.05, 3.63) is 23.8 Å². The minimum absolute atomic E-state index is 0.415. The Morgan fingerprint density at radius 1 is 1.38 bits per heavy atom.